The lowest BCUT2D eigenvalue weighted by atomic mass is 10.1. The van der Waals surface area contributed by atoms with Crippen LogP contribution in [0.4, 0.5) is 0 Å². The number of aromatic nitrogens is 1. The predicted octanol–water partition coefficient (Wildman–Crippen LogP) is 3.23. The van der Waals surface area contributed by atoms with Crippen LogP contribution >= 0.6 is 0 Å². The summed E-state index contributed by atoms with van der Waals surface area (Å²) >= 11 is 0. The highest BCUT2D eigenvalue weighted by atomic mass is 16.5. The van der Waals surface area contributed by atoms with Gasteiger partial charge in [0.1, 0.15) is 0 Å². The predicted molar refractivity (Wildman–Crippen MR) is 76.0 cm³/mol. The first kappa shape index (κ1) is 15.0. The lowest BCUT2D eigenvalue weighted by Gasteiger charge is -2.17. The van der Waals surface area contributed by atoms with Gasteiger partial charge in [-0.3, -0.25) is 0 Å². The lowest BCUT2D eigenvalue weighted by molar-refractivity contribution is 0.229. The van der Waals surface area contributed by atoms with Crippen LogP contribution < -0.4 is 10.1 Å². The fourth-order valence-corrected chi connectivity index (χ4v) is 1.85. The molecule has 0 radical (unpaired) electrons. The van der Waals surface area contributed by atoms with Gasteiger partial charge in [0.05, 0.1) is 6.10 Å². The zero-order valence-electron chi connectivity index (χ0n) is 12.5. The molecule has 0 spiro atoms. The molecule has 18 heavy (non-hydrogen) atoms. The van der Waals surface area contributed by atoms with E-state index in [1.807, 2.05) is 20.8 Å². The topological polar surface area (TPSA) is 34.1 Å². The van der Waals surface area contributed by atoms with Gasteiger partial charge in [-0.15, -0.1) is 0 Å². The molecule has 0 saturated heterocycles. The van der Waals surface area contributed by atoms with E-state index in [1.54, 1.807) is 0 Å². The maximum absolute atomic E-state index is 5.81. The minimum absolute atomic E-state index is 0.155. The Bertz CT molecular complexity index is 386. The Kier molecular flexibility index (Phi) is 5.60. The van der Waals surface area contributed by atoms with Crippen molar-refractivity contribution in [3.05, 3.63) is 22.9 Å². The molecule has 0 atom stereocenters. The molecule has 0 aliphatic carbocycles. The normalized spacial score (nSPS) is 11.3. The van der Waals surface area contributed by atoms with Crippen molar-refractivity contribution in [1.82, 2.24) is 10.3 Å². The van der Waals surface area contributed by atoms with E-state index in [1.165, 1.54) is 11.1 Å². The Hall–Kier alpha value is -1.09. The van der Waals surface area contributed by atoms with Crippen molar-refractivity contribution in [3.63, 3.8) is 0 Å². The van der Waals surface area contributed by atoms with Crippen molar-refractivity contribution < 1.29 is 4.74 Å². The van der Waals surface area contributed by atoms with Crippen LogP contribution in [0.5, 0.6) is 5.88 Å². The van der Waals surface area contributed by atoms with Crippen molar-refractivity contribution in [3.8, 4) is 5.88 Å². The lowest BCUT2D eigenvalue weighted by Crippen LogP contribution is -2.21. The largest absolute Gasteiger partial charge is 0.475 e. The average molecular weight is 250 g/mol. The molecule has 0 aromatic carbocycles. The van der Waals surface area contributed by atoms with Gasteiger partial charge in [0.2, 0.25) is 5.88 Å². The van der Waals surface area contributed by atoms with Crippen molar-refractivity contribution >= 4 is 0 Å². The SMILES string of the molecule is Cc1cc(C)c(CNCC(C)C)c(OC(C)C)n1. The second-order valence-corrected chi connectivity index (χ2v) is 5.56. The van der Waals surface area contributed by atoms with Crippen LogP contribution in [0, 0.1) is 19.8 Å². The number of nitrogens with zero attached hydrogens (tertiary/aromatic N) is 1. The van der Waals surface area contributed by atoms with E-state index in [-0.39, 0.29) is 6.10 Å². The Balaban J connectivity index is 2.85. The Morgan fingerprint density at radius 1 is 1.22 bits per heavy atom. The Morgan fingerprint density at radius 2 is 1.89 bits per heavy atom. The zero-order valence-corrected chi connectivity index (χ0v) is 12.5. The van der Waals surface area contributed by atoms with Crippen LogP contribution in [0.3, 0.4) is 0 Å². The molecule has 1 N–H and O–H groups in total. The first-order valence-corrected chi connectivity index (χ1v) is 6.74. The van der Waals surface area contributed by atoms with E-state index in [0.717, 1.165) is 24.7 Å². The number of aryl methyl sites for hydroxylation is 2. The third-order valence-corrected chi connectivity index (χ3v) is 2.64. The van der Waals surface area contributed by atoms with Gasteiger partial charge >= 0.3 is 0 Å². The molecule has 0 amide bonds. The van der Waals surface area contributed by atoms with Crippen LogP contribution in [0.2, 0.25) is 0 Å². The van der Waals surface area contributed by atoms with Crippen molar-refractivity contribution in [2.45, 2.75) is 54.2 Å². The first-order chi connectivity index (χ1) is 8.40. The standard InChI is InChI=1S/C15H26N2O/c1-10(2)8-16-9-14-12(5)7-13(6)17-15(14)18-11(3)4/h7,10-11,16H,8-9H2,1-6H3. The van der Waals surface area contributed by atoms with Crippen LogP contribution in [0.25, 0.3) is 0 Å². The van der Waals surface area contributed by atoms with Gasteiger partial charge in [-0.05, 0) is 51.8 Å². The molecular formula is C15H26N2O. The van der Waals surface area contributed by atoms with Gasteiger partial charge in [-0.25, -0.2) is 4.98 Å². The summed E-state index contributed by atoms with van der Waals surface area (Å²) < 4.78 is 5.81. The Morgan fingerprint density at radius 3 is 2.44 bits per heavy atom. The highest BCUT2D eigenvalue weighted by molar-refractivity contribution is 5.36. The van der Waals surface area contributed by atoms with Crippen LogP contribution in [0.15, 0.2) is 6.07 Å². The van der Waals surface area contributed by atoms with Gasteiger partial charge in [-0.2, -0.15) is 0 Å². The molecule has 1 aromatic heterocycles. The van der Waals surface area contributed by atoms with Gasteiger partial charge in [0.25, 0.3) is 0 Å². The second-order valence-electron chi connectivity index (χ2n) is 5.56. The summed E-state index contributed by atoms with van der Waals surface area (Å²) in [5.41, 5.74) is 3.43. The van der Waals surface area contributed by atoms with Gasteiger partial charge in [0.15, 0.2) is 0 Å². The summed E-state index contributed by atoms with van der Waals surface area (Å²) in [6.45, 7) is 14.4. The molecule has 0 unspecified atom stereocenters. The third kappa shape index (κ3) is 4.65. The molecule has 0 bridgehead atoms. The maximum Gasteiger partial charge on any atom is 0.218 e. The molecule has 0 saturated carbocycles. The molecule has 102 valence electrons. The Labute approximate surface area is 111 Å². The number of ether oxygens (including phenoxy) is 1. The average Bonchev–Trinajstić information content (AvgIpc) is 2.20. The van der Waals surface area contributed by atoms with E-state index in [4.69, 9.17) is 4.74 Å². The smallest absolute Gasteiger partial charge is 0.218 e. The number of hydrogen-bond donors (Lipinski definition) is 1. The van der Waals surface area contributed by atoms with E-state index in [0.29, 0.717) is 5.92 Å². The fraction of sp³-hybridized carbons (Fsp3) is 0.667. The highest BCUT2D eigenvalue weighted by Gasteiger charge is 2.11. The minimum Gasteiger partial charge on any atom is -0.475 e. The summed E-state index contributed by atoms with van der Waals surface area (Å²) in [4.78, 5) is 4.51. The summed E-state index contributed by atoms with van der Waals surface area (Å²) in [6, 6.07) is 2.11. The van der Waals surface area contributed by atoms with E-state index in [9.17, 15) is 0 Å². The van der Waals surface area contributed by atoms with Gasteiger partial charge in [-0.1, -0.05) is 13.8 Å². The molecule has 1 aromatic rings. The number of pyridine rings is 1. The molecule has 3 heteroatoms. The molecule has 3 nitrogen and oxygen atoms in total. The van der Waals surface area contributed by atoms with Crippen molar-refractivity contribution in [1.29, 1.82) is 0 Å². The molecule has 0 fully saturated rings. The monoisotopic (exact) mass is 250 g/mol. The molecular weight excluding hydrogens is 224 g/mol. The first-order valence-electron chi connectivity index (χ1n) is 6.74. The van der Waals surface area contributed by atoms with Crippen molar-refractivity contribution in [2.75, 3.05) is 6.54 Å². The number of hydrogen-bond acceptors (Lipinski definition) is 3. The summed E-state index contributed by atoms with van der Waals surface area (Å²) in [7, 11) is 0. The zero-order chi connectivity index (χ0) is 13.7. The number of nitrogens with one attached hydrogen (secondary N) is 1. The summed E-state index contributed by atoms with van der Waals surface area (Å²) in [5.74, 6) is 1.43. The molecule has 1 rings (SSSR count). The van der Waals surface area contributed by atoms with E-state index in [2.05, 4.69) is 37.1 Å². The molecule has 0 aliphatic heterocycles. The fourth-order valence-electron chi connectivity index (χ4n) is 1.85. The van der Waals surface area contributed by atoms with Gasteiger partial charge in [0, 0.05) is 17.8 Å². The molecule has 1 heterocycles. The highest BCUT2D eigenvalue weighted by Crippen LogP contribution is 2.22. The van der Waals surface area contributed by atoms with E-state index < -0.39 is 0 Å². The van der Waals surface area contributed by atoms with Crippen LogP contribution in [0.1, 0.15) is 44.5 Å². The quantitative estimate of drug-likeness (QED) is 0.841. The molecule has 0 aliphatic rings. The summed E-state index contributed by atoms with van der Waals surface area (Å²) in [6.07, 6.45) is 0.155. The van der Waals surface area contributed by atoms with Crippen LogP contribution in [-0.2, 0) is 6.54 Å². The van der Waals surface area contributed by atoms with E-state index >= 15 is 0 Å². The third-order valence-electron chi connectivity index (χ3n) is 2.64. The number of rotatable bonds is 6. The van der Waals surface area contributed by atoms with Crippen LogP contribution in [-0.4, -0.2) is 17.6 Å². The summed E-state index contributed by atoms with van der Waals surface area (Å²) in [5, 5.41) is 3.46. The van der Waals surface area contributed by atoms with Gasteiger partial charge < -0.3 is 10.1 Å². The maximum atomic E-state index is 5.81. The minimum atomic E-state index is 0.155. The second kappa shape index (κ2) is 6.74. The van der Waals surface area contributed by atoms with Crippen molar-refractivity contribution in [2.24, 2.45) is 5.92 Å².